The van der Waals surface area contributed by atoms with Crippen LogP contribution in [0.2, 0.25) is 0 Å². The minimum absolute atomic E-state index is 0.287. The van der Waals surface area contributed by atoms with Gasteiger partial charge in [0.25, 0.3) is 0 Å². The fourth-order valence-electron chi connectivity index (χ4n) is 0.316. The molecule has 12 heavy (non-hydrogen) atoms. The lowest BCUT2D eigenvalue weighted by atomic mass is 10.5. The van der Waals surface area contributed by atoms with Gasteiger partial charge in [-0.3, -0.25) is 0 Å². The van der Waals surface area contributed by atoms with Gasteiger partial charge < -0.3 is 24.5 Å². The third-order valence-corrected chi connectivity index (χ3v) is 1.43. The van der Waals surface area contributed by atoms with Crippen LogP contribution in [0.25, 0.3) is 0 Å². The van der Waals surface area contributed by atoms with Gasteiger partial charge >= 0.3 is 0 Å². The van der Waals surface area contributed by atoms with Crippen molar-refractivity contribution < 1.29 is 14.3 Å². The highest BCUT2D eigenvalue weighted by Gasteiger charge is 2.15. The quantitative estimate of drug-likeness (QED) is 0.267. The Labute approximate surface area is 72.1 Å². The molecule has 0 aliphatic carbocycles. The molecule has 0 heterocycles. The first-order chi connectivity index (χ1) is 5.21. The van der Waals surface area contributed by atoms with E-state index < -0.39 is 5.09 Å². The summed E-state index contributed by atoms with van der Waals surface area (Å²) in [6.45, 7) is 2.06. The number of nitrogens with zero attached hydrogens (tertiary/aromatic N) is 2. The van der Waals surface area contributed by atoms with Crippen molar-refractivity contribution in [3.8, 4) is 0 Å². The molecule has 0 aromatic carbocycles. The average Bonchev–Trinajstić information content (AvgIpc) is 1.82. The maximum atomic E-state index is 8.25. The van der Waals surface area contributed by atoms with Crippen molar-refractivity contribution in [1.29, 1.82) is 0 Å². The zero-order valence-corrected chi connectivity index (χ0v) is 8.10. The highest BCUT2D eigenvalue weighted by molar-refractivity contribution is 4.23. The van der Waals surface area contributed by atoms with E-state index in [1.165, 1.54) is 0 Å². The summed E-state index contributed by atoms with van der Waals surface area (Å²) in [5.74, 6) is 0. The van der Waals surface area contributed by atoms with Crippen molar-refractivity contribution in [2.24, 2.45) is 0 Å². The van der Waals surface area contributed by atoms with Gasteiger partial charge in [0.15, 0.2) is 6.23 Å². The molecule has 0 radical (unpaired) electrons. The van der Waals surface area contributed by atoms with Crippen molar-refractivity contribution >= 4 is 0 Å². The van der Waals surface area contributed by atoms with Crippen LogP contribution in [0.15, 0.2) is 0 Å². The van der Waals surface area contributed by atoms with Gasteiger partial charge in [0, 0.05) is 14.0 Å². The predicted molar refractivity (Wildman–Crippen MR) is 44.9 cm³/mol. The van der Waals surface area contributed by atoms with Gasteiger partial charge in [0.05, 0.1) is 26.2 Å². The van der Waals surface area contributed by atoms with E-state index in [0.717, 1.165) is 4.48 Å². The van der Waals surface area contributed by atoms with E-state index in [0.29, 0.717) is 0 Å². The van der Waals surface area contributed by atoms with E-state index in [1.54, 1.807) is 7.11 Å². The molecule has 0 aliphatic rings. The molecule has 1 unspecified atom stereocenters. The molecule has 0 N–H and O–H groups in total. The number of rotatable bonds is 2. The van der Waals surface area contributed by atoms with E-state index in [2.05, 4.69) is 28.1 Å². The van der Waals surface area contributed by atoms with Gasteiger partial charge in [0.2, 0.25) is 0 Å². The lowest BCUT2D eigenvalue weighted by molar-refractivity contribution is -0.916. The second-order valence-corrected chi connectivity index (χ2v) is 3.17. The summed E-state index contributed by atoms with van der Waals surface area (Å²) in [6, 6.07) is 0. The first kappa shape index (κ1) is 13.7. The molecule has 0 spiro atoms. The number of hydrogen-bond donors (Lipinski definition) is 0. The lowest BCUT2D eigenvalue weighted by Gasteiger charge is -2.29. The second-order valence-electron chi connectivity index (χ2n) is 3.17. The average molecular weight is 180 g/mol. The van der Waals surface area contributed by atoms with Crippen LogP contribution in [-0.2, 0) is 4.74 Å². The molecule has 0 fully saturated rings. The summed E-state index contributed by atoms with van der Waals surface area (Å²) < 4.78 is 5.94. The van der Waals surface area contributed by atoms with Crippen molar-refractivity contribution in [3.63, 3.8) is 0 Å². The molecule has 0 amide bonds. The van der Waals surface area contributed by atoms with E-state index in [-0.39, 0.29) is 6.23 Å². The molecule has 0 saturated carbocycles. The van der Waals surface area contributed by atoms with Gasteiger partial charge in [0.1, 0.15) is 0 Å². The van der Waals surface area contributed by atoms with Crippen LogP contribution >= 0.6 is 0 Å². The molecule has 0 aliphatic heterocycles. The van der Waals surface area contributed by atoms with Gasteiger partial charge in [-0.25, -0.2) is 0 Å². The van der Waals surface area contributed by atoms with Crippen LogP contribution in [0, 0.1) is 15.3 Å². The Balaban J connectivity index is 0. The topological polar surface area (TPSA) is 75.4 Å². The Morgan fingerprint density at radius 3 is 1.58 bits per heavy atom. The molecule has 0 bridgehead atoms. The monoisotopic (exact) mass is 180 g/mol. The summed E-state index contributed by atoms with van der Waals surface area (Å²) in [5, 5.41) is 14.8. The van der Waals surface area contributed by atoms with Gasteiger partial charge in [-0.1, -0.05) is 0 Å². The van der Waals surface area contributed by atoms with Crippen LogP contribution in [0.5, 0.6) is 0 Å². The second kappa shape index (κ2) is 5.73. The molecular weight excluding hydrogens is 164 g/mol. The standard InChI is InChI=1S/C6H16NO.NO3/c1-6(8-5)7(2,3)4;2-1(3)4/h6H,1-5H3;/q+1;-1. The number of methoxy groups -OCH3 is 1. The zero-order valence-electron chi connectivity index (χ0n) is 8.10. The number of ether oxygens (including phenoxy) is 1. The molecule has 0 saturated heterocycles. The Kier molecular flexibility index (Phi) is 6.54. The van der Waals surface area contributed by atoms with Crippen molar-refractivity contribution in [3.05, 3.63) is 15.3 Å². The van der Waals surface area contributed by atoms with Crippen LogP contribution in [0.1, 0.15) is 6.92 Å². The number of quaternary nitrogens is 1. The molecule has 6 nitrogen and oxygen atoms in total. The van der Waals surface area contributed by atoms with Crippen LogP contribution < -0.4 is 0 Å². The number of hydrogen-bond acceptors (Lipinski definition) is 4. The third kappa shape index (κ3) is 11.9. The van der Waals surface area contributed by atoms with E-state index in [9.17, 15) is 0 Å². The van der Waals surface area contributed by atoms with Crippen molar-refractivity contribution in [1.82, 2.24) is 0 Å². The Morgan fingerprint density at radius 1 is 1.33 bits per heavy atom. The van der Waals surface area contributed by atoms with Gasteiger partial charge in [-0.15, -0.1) is 0 Å². The fourth-order valence-corrected chi connectivity index (χ4v) is 0.316. The van der Waals surface area contributed by atoms with E-state index in [4.69, 9.17) is 20.1 Å². The Bertz CT molecular complexity index is 128. The Hall–Kier alpha value is -0.880. The first-order valence-corrected chi connectivity index (χ1v) is 3.37. The van der Waals surface area contributed by atoms with Crippen molar-refractivity contribution in [2.45, 2.75) is 13.2 Å². The maximum absolute atomic E-state index is 8.25. The smallest absolute Gasteiger partial charge is 0.189 e. The van der Waals surface area contributed by atoms with Crippen LogP contribution in [-0.4, -0.2) is 44.1 Å². The minimum atomic E-state index is -1.75. The first-order valence-electron chi connectivity index (χ1n) is 3.37. The van der Waals surface area contributed by atoms with Gasteiger partial charge in [-0.05, 0) is 0 Å². The summed E-state index contributed by atoms with van der Waals surface area (Å²) in [4.78, 5) is 8.25. The molecule has 1 atom stereocenters. The largest absolute Gasteiger partial charge is 0.356 e. The molecule has 74 valence electrons. The zero-order chi connectivity index (χ0) is 10.4. The van der Waals surface area contributed by atoms with Crippen LogP contribution in [0.3, 0.4) is 0 Å². The normalized spacial score (nSPS) is 12.8. The molecule has 0 aromatic heterocycles. The maximum Gasteiger partial charge on any atom is 0.189 e. The summed E-state index contributed by atoms with van der Waals surface area (Å²) in [6.07, 6.45) is 0.287. The SMILES string of the molecule is COC(C)[N+](C)(C)C.O=[N+]([O-])[O-]. The molecule has 0 aromatic rings. The highest BCUT2D eigenvalue weighted by atomic mass is 16.9. The summed E-state index contributed by atoms with van der Waals surface area (Å²) in [7, 11) is 8.05. The fraction of sp³-hybridized carbons (Fsp3) is 1.00. The minimum Gasteiger partial charge on any atom is -0.356 e. The summed E-state index contributed by atoms with van der Waals surface area (Å²) in [5.41, 5.74) is 0. The molecule has 6 heteroatoms. The predicted octanol–water partition coefficient (Wildman–Crippen LogP) is 0.446. The molecule has 0 rings (SSSR count). The van der Waals surface area contributed by atoms with Gasteiger partial charge in [-0.2, -0.15) is 0 Å². The van der Waals surface area contributed by atoms with Crippen LogP contribution in [0.4, 0.5) is 0 Å². The lowest BCUT2D eigenvalue weighted by Crippen LogP contribution is -2.44. The Morgan fingerprint density at radius 2 is 1.58 bits per heavy atom. The van der Waals surface area contributed by atoms with E-state index in [1.807, 2.05) is 0 Å². The summed E-state index contributed by atoms with van der Waals surface area (Å²) >= 11 is 0. The van der Waals surface area contributed by atoms with E-state index >= 15 is 0 Å². The van der Waals surface area contributed by atoms with Crippen molar-refractivity contribution in [2.75, 3.05) is 28.3 Å². The molecular formula is C6H16N2O4. The highest BCUT2D eigenvalue weighted by Crippen LogP contribution is 2.00. The third-order valence-electron chi connectivity index (χ3n) is 1.43.